The lowest BCUT2D eigenvalue weighted by molar-refractivity contribution is -0.129. The molecular weight excluding hydrogens is 255 g/mol. The number of halogens is 2. The third kappa shape index (κ3) is 2.57. The second kappa shape index (κ2) is 4.44. The van der Waals surface area contributed by atoms with Crippen LogP contribution in [0.1, 0.15) is 0 Å². The normalized spacial score (nSPS) is 9.38. The van der Waals surface area contributed by atoms with Crippen molar-refractivity contribution < 1.29 is 9.53 Å². The molecule has 4 heteroatoms. The van der Waals surface area contributed by atoms with Crippen LogP contribution in [0.4, 0.5) is 0 Å². The van der Waals surface area contributed by atoms with Gasteiger partial charge in [-0.05, 0) is 28.1 Å². The lowest BCUT2D eigenvalue weighted by Gasteiger charge is -2.04. The second-order valence-electron chi connectivity index (χ2n) is 2.18. The van der Waals surface area contributed by atoms with Crippen LogP contribution >= 0.6 is 27.5 Å². The summed E-state index contributed by atoms with van der Waals surface area (Å²) in [6.45, 7) is 3.29. The number of esters is 1. The van der Waals surface area contributed by atoms with E-state index < -0.39 is 5.97 Å². The quantitative estimate of drug-likeness (QED) is 0.464. The third-order valence-corrected chi connectivity index (χ3v) is 2.65. The molecule has 0 bridgehead atoms. The highest BCUT2D eigenvalue weighted by molar-refractivity contribution is 9.10. The van der Waals surface area contributed by atoms with Gasteiger partial charge in [0.2, 0.25) is 0 Å². The first-order valence-electron chi connectivity index (χ1n) is 3.43. The molecule has 1 aromatic carbocycles. The number of carbonyl (C=O) groups is 1. The van der Waals surface area contributed by atoms with Crippen LogP contribution < -0.4 is 4.74 Å². The largest absolute Gasteiger partial charge is 0.422 e. The molecule has 1 aromatic rings. The van der Waals surface area contributed by atoms with Gasteiger partial charge in [-0.2, -0.15) is 0 Å². The number of carbonyl (C=O) groups excluding carboxylic acids is 1. The van der Waals surface area contributed by atoms with E-state index in [0.717, 1.165) is 6.08 Å². The lowest BCUT2D eigenvalue weighted by Crippen LogP contribution is -2.03. The molecule has 0 atom stereocenters. The fraction of sp³-hybridized carbons (Fsp3) is 0. The van der Waals surface area contributed by atoms with Crippen LogP contribution in [0, 0.1) is 0 Å². The Morgan fingerprint density at radius 1 is 1.62 bits per heavy atom. The summed E-state index contributed by atoms with van der Waals surface area (Å²) >= 11 is 8.97. The van der Waals surface area contributed by atoms with Gasteiger partial charge in [-0.25, -0.2) is 4.79 Å². The summed E-state index contributed by atoms with van der Waals surface area (Å²) in [6.07, 6.45) is 1.09. The standard InChI is InChI=1S/C9H6BrClO2/c1-2-8(12)13-7-5-3-4-6(11)9(7)10/h2-5H,1H2. The lowest BCUT2D eigenvalue weighted by atomic mass is 10.3. The highest BCUT2D eigenvalue weighted by Crippen LogP contribution is 2.31. The number of rotatable bonds is 2. The molecule has 0 N–H and O–H groups in total. The van der Waals surface area contributed by atoms with Gasteiger partial charge in [-0.1, -0.05) is 24.2 Å². The van der Waals surface area contributed by atoms with Gasteiger partial charge in [0.05, 0.1) is 9.50 Å². The molecule has 0 spiro atoms. The molecule has 0 saturated carbocycles. The van der Waals surface area contributed by atoms with Crippen molar-refractivity contribution in [3.8, 4) is 5.75 Å². The van der Waals surface area contributed by atoms with Crippen LogP contribution in [0.2, 0.25) is 5.02 Å². The number of benzene rings is 1. The smallest absolute Gasteiger partial charge is 0.335 e. The zero-order valence-corrected chi connectivity index (χ0v) is 8.93. The summed E-state index contributed by atoms with van der Waals surface area (Å²) in [4.78, 5) is 10.8. The molecule has 0 aromatic heterocycles. The van der Waals surface area contributed by atoms with Crippen molar-refractivity contribution in [2.45, 2.75) is 0 Å². The monoisotopic (exact) mass is 260 g/mol. The fourth-order valence-electron chi connectivity index (χ4n) is 0.713. The van der Waals surface area contributed by atoms with E-state index in [1.165, 1.54) is 0 Å². The van der Waals surface area contributed by atoms with E-state index >= 15 is 0 Å². The van der Waals surface area contributed by atoms with E-state index in [9.17, 15) is 4.79 Å². The maximum Gasteiger partial charge on any atom is 0.335 e. The molecule has 0 heterocycles. The van der Waals surface area contributed by atoms with Crippen molar-refractivity contribution in [3.05, 3.63) is 40.3 Å². The van der Waals surface area contributed by atoms with Crippen LogP contribution in [-0.4, -0.2) is 5.97 Å². The molecule has 0 fully saturated rings. The Kier molecular flexibility index (Phi) is 3.51. The third-order valence-electron chi connectivity index (χ3n) is 1.29. The van der Waals surface area contributed by atoms with Gasteiger partial charge in [0.15, 0.2) is 0 Å². The van der Waals surface area contributed by atoms with E-state index in [1.807, 2.05) is 0 Å². The first-order chi connectivity index (χ1) is 6.15. The van der Waals surface area contributed by atoms with E-state index in [-0.39, 0.29) is 0 Å². The first kappa shape index (κ1) is 10.3. The average molecular weight is 262 g/mol. The molecule has 1 rings (SSSR count). The van der Waals surface area contributed by atoms with Gasteiger partial charge >= 0.3 is 5.97 Å². The summed E-state index contributed by atoms with van der Waals surface area (Å²) in [5.74, 6) is -0.125. The molecule has 68 valence electrons. The second-order valence-corrected chi connectivity index (χ2v) is 3.38. The minimum absolute atomic E-state index is 0.386. The number of hydrogen-bond acceptors (Lipinski definition) is 2. The molecule has 0 radical (unpaired) electrons. The van der Waals surface area contributed by atoms with Crippen molar-refractivity contribution in [2.75, 3.05) is 0 Å². The molecule has 0 aliphatic heterocycles. The molecule has 13 heavy (non-hydrogen) atoms. The molecule has 0 aliphatic rings. The summed E-state index contributed by atoms with van der Waals surface area (Å²) in [6, 6.07) is 5.02. The summed E-state index contributed by atoms with van der Waals surface area (Å²) in [7, 11) is 0. The minimum Gasteiger partial charge on any atom is -0.422 e. The highest BCUT2D eigenvalue weighted by atomic mass is 79.9. The van der Waals surface area contributed by atoms with Crippen LogP contribution in [0.3, 0.4) is 0 Å². The Morgan fingerprint density at radius 3 is 2.92 bits per heavy atom. The number of ether oxygens (including phenoxy) is 1. The van der Waals surface area contributed by atoms with Crippen molar-refractivity contribution in [1.82, 2.24) is 0 Å². The van der Waals surface area contributed by atoms with E-state index in [2.05, 4.69) is 22.5 Å². The van der Waals surface area contributed by atoms with E-state index in [4.69, 9.17) is 16.3 Å². The van der Waals surface area contributed by atoms with Crippen molar-refractivity contribution >= 4 is 33.5 Å². The molecular formula is C9H6BrClO2. The highest BCUT2D eigenvalue weighted by Gasteiger charge is 2.06. The van der Waals surface area contributed by atoms with Crippen molar-refractivity contribution in [1.29, 1.82) is 0 Å². The van der Waals surface area contributed by atoms with Crippen molar-refractivity contribution in [3.63, 3.8) is 0 Å². The van der Waals surface area contributed by atoms with Gasteiger partial charge in [0, 0.05) is 6.08 Å². The fourth-order valence-corrected chi connectivity index (χ4v) is 1.22. The first-order valence-corrected chi connectivity index (χ1v) is 4.60. The van der Waals surface area contributed by atoms with Crippen LogP contribution in [-0.2, 0) is 4.79 Å². The van der Waals surface area contributed by atoms with Gasteiger partial charge in [0.1, 0.15) is 5.75 Å². The summed E-state index contributed by atoms with van der Waals surface area (Å²) < 4.78 is 5.45. The molecule has 0 amide bonds. The SMILES string of the molecule is C=CC(=O)Oc1cccc(Cl)c1Br. The summed E-state index contributed by atoms with van der Waals surface area (Å²) in [5, 5.41) is 0.495. The Morgan fingerprint density at radius 2 is 2.31 bits per heavy atom. The zero-order chi connectivity index (χ0) is 9.84. The molecule has 0 unspecified atom stereocenters. The zero-order valence-electron chi connectivity index (χ0n) is 6.59. The van der Waals surface area contributed by atoms with Crippen LogP contribution in [0.25, 0.3) is 0 Å². The van der Waals surface area contributed by atoms with Gasteiger partial charge in [-0.15, -0.1) is 0 Å². The van der Waals surface area contributed by atoms with Gasteiger partial charge < -0.3 is 4.74 Å². The molecule has 2 nitrogen and oxygen atoms in total. The van der Waals surface area contributed by atoms with Crippen LogP contribution in [0.5, 0.6) is 5.75 Å². The number of hydrogen-bond donors (Lipinski definition) is 0. The minimum atomic E-state index is -0.511. The maximum absolute atomic E-state index is 10.8. The van der Waals surface area contributed by atoms with Gasteiger partial charge in [0.25, 0.3) is 0 Å². The van der Waals surface area contributed by atoms with Crippen LogP contribution in [0.15, 0.2) is 35.3 Å². The average Bonchev–Trinajstić information content (AvgIpc) is 2.13. The Balaban J connectivity index is 2.95. The maximum atomic E-state index is 10.8. The Bertz CT molecular complexity index is 349. The van der Waals surface area contributed by atoms with E-state index in [1.54, 1.807) is 18.2 Å². The Hall–Kier alpha value is -0.800. The van der Waals surface area contributed by atoms with E-state index in [0.29, 0.717) is 15.2 Å². The topological polar surface area (TPSA) is 26.3 Å². The van der Waals surface area contributed by atoms with Gasteiger partial charge in [-0.3, -0.25) is 0 Å². The Labute approximate surface area is 89.3 Å². The molecule has 0 saturated heterocycles. The predicted molar refractivity (Wildman–Crippen MR) is 55.0 cm³/mol. The summed E-state index contributed by atoms with van der Waals surface area (Å²) in [5.41, 5.74) is 0. The predicted octanol–water partition coefficient (Wildman–Crippen LogP) is 3.19. The molecule has 0 aliphatic carbocycles. The van der Waals surface area contributed by atoms with Crippen molar-refractivity contribution in [2.24, 2.45) is 0 Å².